The van der Waals surface area contributed by atoms with Crippen molar-refractivity contribution in [3.8, 4) is 11.5 Å². The molecule has 3 heteroatoms. The summed E-state index contributed by atoms with van der Waals surface area (Å²) in [5.74, 6) is 2.00. The molecule has 0 aromatic heterocycles. The Labute approximate surface area is 128 Å². The molecule has 0 amide bonds. The van der Waals surface area contributed by atoms with Crippen LogP contribution in [0.4, 0.5) is 0 Å². The second-order valence-electron chi connectivity index (χ2n) is 4.67. The molecule has 0 unspecified atom stereocenters. The number of thioether (sulfide) groups is 1. The van der Waals surface area contributed by atoms with E-state index in [4.69, 9.17) is 4.74 Å². The maximum Gasteiger partial charge on any atom is 0.129 e. The molecule has 1 N–H and O–H groups in total. The highest BCUT2D eigenvalue weighted by Gasteiger charge is 2.01. The lowest BCUT2D eigenvalue weighted by Crippen LogP contribution is -1.99. The van der Waals surface area contributed by atoms with Crippen LogP contribution in [0.2, 0.25) is 0 Å². The third kappa shape index (κ3) is 3.50. The maximum absolute atomic E-state index is 9.68. The molecule has 3 rings (SSSR count). The lowest BCUT2D eigenvalue weighted by molar-refractivity contribution is 0.344. The number of hydrogen-bond donors (Lipinski definition) is 1. The molecule has 2 nitrogen and oxygen atoms in total. The number of aromatic hydroxyl groups is 1. The fraction of sp³-hybridized carbons (Fsp3) is 0.111. The zero-order valence-corrected chi connectivity index (χ0v) is 12.3. The summed E-state index contributed by atoms with van der Waals surface area (Å²) in [4.78, 5) is 0.889. The van der Waals surface area contributed by atoms with E-state index in [0.717, 1.165) is 16.4 Å². The van der Waals surface area contributed by atoms with Crippen LogP contribution < -0.4 is 4.74 Å². The monoisotopic (exact) mass is 296 g/mol. The van der Waals surface area contributed by atoms with Crippen molar-refractivity contribution >= 4 is 22.5 Å². The molecule has 0 fully saturated rings. The summed E-state index contributed by atoms with van der Waals surface area (Å²) in [6, 6.07) is 21.7. The standard InChI is InChI=1S/C18H16O2S/c19-17-7-3-4-8-18(17)21-12-11-20-16-10-9-14-5-1-2-6-15(14)13-16/h1-10,13,19H,11-12H2. The number of benzene rings is 3. The minimum Gasteiger partial charge on any atom is -0.507 e. The Hall–Kier alpha value is -2.13. The van der Waals surface area contributed by atoms with Crippen LogP contribution in [-0.4, -0.2) is 17.5 Å². The van der Waals surface area contributed by atoms with Gasteiger partial charge >= 0.3 is 0 Å². The largest absolute Gasteiger partial charge is 0.507 e. The molecule has 0 atom stereocenters. The molecule has 0 saturated heterocycles. The topological polar surface area (TPSA) is 29.5 Å². The van der Waals surface area contributed by atoms with Gasteiger partial charge in [-0.3, -0.25) is 0 Å². The molecule has 21 heavy (non-hydrogen) atoms. The minimum atomic E-state index is 0.327. The van der Waals surface area contributed by atoms with E-state index in [1.807, 2.05) is 36.4 Å². The van der Waals surface area contributed by atoms with Crippen molar-refractivity contribution in [2.45, 2.75) is 4.90 Å². The van der Waals surface area contributed by atoms with Crippen LogP contribution >= 0.6 is 11.8 Å². The van der Waals surface area contributed by atoms with Gasteiger partial charge in [0.25, 0.3) is 0 Å². The van der Waals surface area contributed by atoms with Crippen molar-refractivity contribution in [2.75, 3.05) is 12.4 Å². The Morgan fingerprint density at radius 3 is 2.48 bits per heavy atom. The summed E-state index contributed by atoms with van der Waals surface area (Å²) in [5.41, 5.74) is 0. The van der Waals surface area contributed by atoms with Gasteiger partial charge in [-0.15, -0.1) is 11.8 Å². The summed E-state index contributed by atoms with van der Waals surface area (Å²) in [5, 5.41) is 12.1. The predicted octanol–water partition coefficient (Wildman–Crippen LogP) is 4.72. The number of hydrogen-bond acceptors (Lipinski definition) is 3. The van der Waals surface area contributed by atoms with Gasteiger partial charge in [-0.2, -0.15) is 0 Å². The Bertz CT molecular complexity index is 740. The maximum atomic E-state index is 9.68. The van der Waals surface area contributed by atoms with E-state index in [2.05, 4.69) is 24.3 Å². The third-order valence-electron chi connectivity index (χ3n) is 3.20. The van der Waals surface area contributed by atoms with E-state index in [-0.39, 0.29) is 0 Å². The minimum absolute atomic E-state index is 0.327. The molecule has 0 spiro atoms. The van der Waals surface area contributed by atoms with Crippen molar-refractivity contribution in [1.29, 1.82) is 0 Å². The first kappa shape index (κ1) is 13.8. The first-order valence-electron chi connectivity index (χ1n) is 6.85. The second kappa shape index (κ2) is 6.55. The van der Waals surface area contributed by atoms with Crippen molar-refractivity contribution in [3.63, 3.8) is 0 Å². The van der Waals surface area contributed by atoms with Gasteiger partial charge in [0.1, 0.15) is 11.5 Å². The highest BCUT2D eigenvalue weighted by Crippen LogP contribution is 2.27. The van der Waals surface area contributed by atoms with Crippen LogP contribution in [0.1, 0.15) is 0 Å². The zero-order chi connectivity index (χ0) is 14.5. The fourth-order valence-corrected chi connectivity index (χ4v) is 2.92. The zero-order valence-electron chi connectivity index (χ0n) is 11.5. The average Bonchev–Trinajstić information content (AvgIpc) is 2.53. The van der Waals surface area contributed by atoms with Gasteiger partial charge < -0.3 is 9.84 Å². The molecule has 0 aliphatic carbocycles. The molecule has 0 radical (unpaired) electrons. The lowest BCUT2D eigenvalue weighted by Gasteiger charge is -2.08. The van der Waals surface area contributed by atoms with E-state index in [0.29, 0.717) is 12.4 Å². The highest BCUT2D eigenvalue weighted by molar-refractivity contribution is 7.99. The van der Waals surface area contributed by atoms with Crippen LogP contribution in [-0.2, 0) is 0 Å². The number of para-hydroxylation sites is 1. The fourth-order valence-electron chi connectivity index (χ4n) is 2.15. The Kier molecular flexibility index (Phi) is 4.31. The first-order chi connectivity index (χ1) is 10.3. The average molecular weight is 296 g/mol. The summed E-state index contributed by atoms with van der Waals surface area (Å²) in [6.07, 6.45) is 0. The van der Waals surface area contributed by atoms with Crippen LogP contribution in [0, 0.1) is 0 Å². The number of phenols is 1. The predicted molar refractivity (Wildman–Crippen MR) is 88.3 cm³/mol. The van der Waals surface area contributed by atoms with Crippen molar-refractivity contribution in [3.05, 3.63) is 66.7 Å². The molecule has 3 aromatic carbocycles. The quantitative estimate of drug-likeness (QED) is 0.546. The Morgan fingerprint density at radius 2 is 1.62 bits per heavy atom. The summed E-state index contributed by atoms with van der Waals surface area (Å²) in [6.45, 7) is 0.608. The highest BCUT2D eigenvalue weighted by atomic mass is 32.2. The number of ether oxygens (including phenoxy) is 1. The van der Waals surface area contributed by atoms with Crippen LogP contribution in [0.5, 0.6) is 11.5 Å². The van der Waals surface area contributed by atoms with Crippen molar-refractivity contribution in [1.82, 2.24) is 0 Å². The van der Waals surface area contributed by atoms with Gasteiger partial charge in [0, 0.05) is 10.6 Å². The van der Waals surface area contributed by atoms with Gasteiger partial charge in [0.05, 0.1) is 6.61 Å². The Balaban J connectivity index is 1.56. The summed E-state index contributed by atoms with van der Waals surface area (Å²) >= 11 is 1.59. The van der Waals surface area contributed by atoms with Crippen molar-refractivity contribution < 1.29 is 9.84 Å². The van der Waals surface area contributed by atoms with E-state index in [9.17, 15) is 5.11 Å². The van der Waals surface area contributed by atoms with E-state index in [1.54, 1.807) is 17.8 Å². The van der Waals surface area contributed by atoms with Crippen molar-refractivity contribution in [2.24, 2.45) is 0 Å². The number of fused-ring (bicyclic) bond motifs is 1. The van der Waals surface area contributed by atoms with Gasteiger partial charge in [-0.05, 0) is 35.0 Å². The van der Waals surface area contributed by atoms with E-state index in [1.165, 1.54) is 10.8 Å². The molecule has 0 heterocycles. The van der Waals surface area contributed by atoms with E-state index < -0.39 is 0 Å². The van der Waals surface area contributed by atoms with Crippen LogP contribution in [0.15, 0.2) is 71.6 Å². The first-order valence-corrected chi connectivity index (χ1v) is 7.84. The molecule has 0 aliphatic heterocycles. The van der Waals surface area contributed by atoms with Gasteiger partial charge in [0.15, 0.2) is 0 Å². The van der Waals surface area contributed by atoms with Crippen LogP contribution in [0.25, 0.3) is 10.8 Å². The lowest BCUT2D eigenvalue weighted by atomic mass is 10.1. The van der Waals surface area contributed by atoms with E-state index >= 15 is 0 Å². The SMILES string of the molecule is Oc1ccccc1SCCOc1ccc2ccccc2c1. The van der Waals surface area contributed by atoms with Crippen LogP contribution in [0.3, 0.4) is 0 Å². The van der Waals surface area contributed by atoms with Gasteiger partial charge in [-0.25, -0.2) is 0 Å². The smallest absolute Gasteiger partial charge is 0.129 e. The molecular weight excluding hydrogens is 280 g/mol. The second-order valence-corrected chi connectivity index (χ2v) is 5.81. The third-order valence-corrected chi connectivity index (χ3v) is 4.22. The molecular formula is C18H16O2S. The molecule has 0 bridgehead atoms. The van der Waals surface area contributed by atoms with Gasteiger partial charge in [-0.1, -0.05) is 42.5 Å². The summed E-state index contributed by atoms with van der Waals surface area (Å²) in [7, 11) is 0. The van der Waals surface area contributed by atoms with Gasteiger partial charge in [0.2, 0.25) is 0 Å². The number of rotatable bonds is 5. The molecule has 0 saturated carbocycles. The molecule has 106 valence electrons. The molecule has 0 aliphatic rings. The number of phenolic OH excluding ortho intramolecular Hbond substituents is 1. The Morgan fingerprint density at radius 1 is 0.857 bits per heavy atom. The molecule has 3 aromatic rings. The summed E-state index contributed by atoms with van der Waals surface area (Å²) < 4.78 is 5.77. The normalized spacial score (nSPS) is 10.7.